The van der Waals surface area contributed by atoms with E-state index in [0.29, 0.717) is 17.9 Å². The molecule has 8 nitrogen and oxygen atoms in total. The number of hydrogen-bond donors (Lipinski definition) is 2. The SMILES string of the molecule is CCC(Oc1cccc2n[nH]nc12)N1CCNC(c2noc3cc(F)ccc23)C1. The maximum atomic E-state index is 13.5. The molecule has 2 N–H and O–H groups in total. The summed E-state index contributed by atoms with van der Waals surface area (Å²) in [5, 5.41) is 19.5. The molecule has 3 heterocycles. The van der Waals surface area contributed by atoms with Gasteiger partial charge in [0.25, 0.3) is 0 Å². The Morgan fingerprint density at radius 3 is 3.14 bits per heavy atom. The zero-order valence-corrected chi connectivity index (χ0v) is 15.9. The number of nitrogens with one attached hydrogen (secondary N) is 2. The molecule has 1 saturated heterocycles. The molecule has 29 heavy (non-hydrogen) atoms. The third-order valence-corrected chi connectivity index (χ3v) is 5.33. The van der Waals surface area contributed by atoms with Crippen LogP contribution in [0, 0.1) is 5.82 Å². The summed E-state index contributed by atoms with van der Waals surface area (Å²) in [7, 11) is 0. The molecular weight excluding hydrogens is 375 g/mol. The zero-order chi connectivity index (χ0) is 19.8. The standard InChI is InChI=1S/C20H21FN6O2/c1-2-18(28-16-5-3-4-14-20(16)24-26-23-14)27-9-8-22-15(11-27)19-13-7-6-12(21)10-17(13)29-25-19/h3-7,10,15,18,22H,2,8-9,11H2,1H3,(H,23,24,26). The molecule has 2 aromatic carbocycles. The number of piperazine rings is 1. The summed E-state index contributed by atoms with van der Waals surface area (Å²) in [5.74, 6) is 0.375. The van der Waals surface area contributed by atoms with Crippen molar-refractivity contribution >= 4 is 22.0 Å². The number of aromatic nitrogens is 4. The fourth-order valence-electron chi connectivity index (χ4n) is 3.90. The van der Waals surface area contributed by atoms with E-state index in [1.165, 1.54) is 12.1 Å². The number of benzene rings is 2. The maximum absolute atomic E-state index is 13.5. The molecule has 2 atom stereocenters. The number of fused-ring (bicyclic) bond motifs is 2. The number of halogens is 1. The summed E-state index contributed by atoms with van der Waals surface area (Å²) < 4.78 is 25.1. The summed E-state index contributed by atoms with van der Waals surface area (Å²) in [6.45, 7) is 4.42. The van der Waals surface area contributed by atoms with Gasteiger partial charge in [-0.2, -0.15) is 15.4 Å². The molecule has 2 unspecified atom stereocenters. The van der Waals surface area contributed by atoms with Gasteiger partial charge < -0.3 is 14.6 Å². The van der Waals surface area contributed by atoms with E-state index < -0.39 is 0 Å². The lowest BCUT2D eigenvalue weighted by Crippen LogP contribution is -2.51. The lowest BCUT2D eigenvalue weighted by Gasteiger charge is -2.37. The van der Waals surface area contributed by atoms with E-state index >= 15 is 0 Å². The van der Waals surface area contributed by atoms with E-state index in [0.717, 1.165) is 41.6 Å². The van der Waals surface area contributed by atoms with Crippen LogP contribution in [0.15, 0.2) is 40.9 Å². The summed E-state index contributed by atoms with van der Waals surface area (Å²) in [4.78, 5) is 2.28. The van der Waals surface area contributed by atoms with Crippen molar-refractivity contribution in [3.63, 3.8) is 0 Å². The second-order valence-electron chi connectivity index (χ2n) is 7.14. The largest absolute Gasteiger partial charge is 0.473 e. The summed E-state index contributed by atoms with van der Waals surface area (Å²) >= 11 is 0. The first-order valence-electron chi connectivity index (χ1n) is 9.71. The number of para-hydroxylation sites is 1. The van der Waals surface area contributed by atoms with Gasteiger partial charge in [0, 0.05) is 31.1 Å². The van der Waals surface area contributed by atoms with Crippen molar-refractivity contribution in [3.8, 4) is 5.75 Å². The second-order valence-corrected chi connectivity index (χ2v) is 7.14. The van der Waals surface area contributed by atoms with Crippen molar-refractivity contribution in [1.82, 2.24) is 30.8 Å². The molecule has 0 saturated carbocycles. The number of hydrogen-bond acceptors (Lipinski definition) is 7. The Labute approximate surface area is 166 Å². The highest BCUT2D eigenvalue weighted by molar-refractivity contribution is 5.80. The van der Waals surface area contributed by atoms with E-state index in [2.05, 4.69) is 37.7 Å². The van der Waals surface area contributed by atoms with E-state index in [4.69, 9.17) is 9.26 Å². The van der Waals surface area contributed by atoms with Crippen LogP contribution in [0.4, 0.5) is 4.39 Å². The van der Waals surface area contributed by atoms with Crippen LogP contribution in [0.5, 0.6) is 5.75 Å². The minimum absolute atomic E-state index is 0.0315. The monoisotopic (exact) mass is 396 g/mol. The molecule has 5 rings (SSSR count). The van der Waals surface area contributed by atoms with Crippen LogP contribution in [0.2, 0.25) is 0 Å². The third kappa shape index (κ3) is 3.32. The van der Waals surface area contributed by atoms with Crippen LogP contribution >= 0.6 is 0 Å². The average molecular weight is 396 g/mol. The first kappa shape index (κ1) is 18.0. The number of nitrogens with zero attached hydrogens (tertiary/aromatic N) is 4. The molecule has 1 fully saturated rings. The van der Waals surface area contributed by atoms with Gasteiger partial charge in [-0.3, -0.25) is 4.90 Å². The quantitative estimate of drug-likeness (QED) is 0.536. The first-order chi connectivity index (χ1) is 14.2. The van der Waals surface area contributed by atoms with Crippen molar-refractivity contribution in [2.75, 3.05) is 19.6 Å². The Morgan fingerprint density at radius 1 is 1.31 bits per heavy atom. The van der Waals surface area contributed by atoms with Gasteiger partial charge in [-0.05, 0) is 30.7 Å². The van der Waals surface area contributed by atoms with Crippen LogP contribution in [0.25, 0.3) is 22.0 Å². The highest BCUT2D eigenvalue weighted by atomic mass is 19.1. The zero-order valence-electron chi connectivity index (χ0n) is 15.9. The molecule has 2 aromatic heterocycles. The highest BCUT2D eigenvalue weighted by Crippen LogP contribution is 2.29. The van der Waals surface area contributed by atoms with Gasteiger partial charge in [0.15, 0.2) is 23.1 Å². The Morgan fingerprint density at radius 2 is 2.24 bits per heavy atom. The Hall–Kier alpha value is -3.04. The van der Waals surface area contributed by atoms with Crippen LogP contribution in [-0.4, -0.2) is 51.3 Å². The Balaban J connectivity index is 1.38. The fourth-order valence-corrected chi connectivity index (χ4v) is 3.90. The van der Waals surface area contributed by atoms with Gasteiger partial charge in [0.05, 0.1) is 6.04 Å². The minimum atomic E-state index is -0.333. The maximum Gasteiger partial charge on any atom is 0.170 e. The number of ether oxygens (including phenoxy) is 1. The van der Waals surface area contributed by atoms with E-state index in [1.807, 2.05) is 18.2 Å². The van der Waals surface area contributed by atoms with Gasteiger partial charge in [-0.1, -0.05) is 18.1 Å². The number of rotatable bonds is 5. The van der Waals surface area contributed by atoms with E-state index in [1.54, 1.807) is 6.07 Å². The Bertz CT molecular complexity index is 1140. The van der Waals surface area contributed by atoms with E-state index in [9.17, 15) is 4.39 Å². The van der Waals surface area contributed by atoms with Crippen LogP contribution in [0.1, 0.15) is 25.1 Å². The van der Waals surface area contributed by atoms with Crippen molar-refractivity contribution in [3.05, 3.63) is 47.9 Å². The normalized spacial score (nSPS) is 19.0. The van der Waals surface area contributed by atoms with Crippen LogP contribution in [0.3, 0.4) is 0 Å². The minimum Gasteiger partial charge on any atom is -0.473 e. The molecule has 0 bridgehead atoms. The fraction of sp³-hybridized carbons (Fsp3) is 0.350. The molecule has 9 heteroatoms. The average Bonchev–Trinajstić information content (AvgIpc) is 3.39. The van der Waals surface area contributed by atoms with Crippen molar-refractivity contribution in [1.29, 1.82) is 0 Å². The lowest BCUT2D eigenvalue weighted by molar-refractivity contribution is 0.00357. The smallest absolute Gasteiger partial charge is 0.170 e. The molecule has 0 aliphatic carbocycles. The summed E-state index contributed by atoms with van der Waals surface area (Å²) in [6.07, 6.45) is 0.698. The number of aromatic amines is 1. The highest BCUT2D eigenvalue weighted by Gasteiger charge is 2.30. The van der Waals surface area contributed by atoms with Crippen molar-refractivity contribution in [2.24, 2.45) is 0 Å². The predicted octanol–water partition coefficient (Wildman–Crippen LogP) is 3.00. The van der Waals surface area contributed by atoms with Crippen LogP contribution < -0.4 is 10.1 Å². The summed E-state index contributed by atoms with van der Waals surface area (Å²) in [5.41, 5.74) is 2.75. The Kier molecular flexibility index (Phi) is 4.61. The van der Waals surface area contributed by atoms with Gasteiger partial charge in [-0.15, -0.1) is 0 Å². The van der Waals surface area contributed by atoms with Gasteiger partial charge in [0.2, 0.25) is 0 Å². The lowest BCUT2D eigenvalue weighted by atomic mass is 10.1. The van der Waals surface area contributed by atoms with Crippen LogP contribution in [-0.2, 0) is 0 Å². The topological polar surface area (TPSA) is 92.1 Å². The first-order valence-corrected chi connectivity index (χ1v) is 9.71. The van der Waals surface area contributed by atoms with Gasteiger partial charge in [0.1, 0.15) is 17.0 Å². The predicted molar refractivity (Wildman–Crippen MR) is 105 cm³/mol. The molecule has 1 aliphatic heterocycles. The molecule has 0 spiro atoms. The molecule has 0 radical (unpaired) electrons. The number of H-pyrrole nitrogens is 1. The van der Waals surface area contributed by atoms with Crippen molar-refractivity contribution < 1.29 is 13.7 Å². The van der Waals surface area contributed by atoms with E-state index in [-0.39, 0.29) is 18.1 Å². The molecule has 150 valence electrons. The van der Waals surface area contributed by atoms with Crippen molar-refractivity contribution in [2.45, 2.75) is 25.6 Å². The molecule has 1 aliphatic rings. The summed E-state index contributed by atoms with van der Waals surface area (Å²) in [6, 6.07) is 10.2. The van der Waals surface area contributed by atoms with Gasteiger partial charge >= 0.3 is 0 Å². The molecule has 0 amide bonds. The van der Waals surface area contributed by atoms with Gasteiger partial charge in [-0.25, -0.2) is 4.39 Å². The second kappa shape index (κ2) is 7.41. The molecular formula is C20H21FN6O2. The molecule has 4 aromatic rings. The third-order valence-electron chi connectivity index (χ3n) is 5.33.